The van der Waals surface area contributed by atoms with E-state index in [4.69, 9.17) is 0 Å². The molecular weight excluding hydrogens is 210 g/mol. The second-order valence-corrected chi connectivity index (χ2v) is 5.37. The SMILES string of the molecule is CCCNC(CC)CN(C)CCN1CCCC1. The van der Waals surface area contributed by atoms with E-state index in [9.17, 15) is 0 Å². The van der Waals surface area contributed by atoms with Crippen molar-refractivity contribution in [1.82, 2.24) is 15.1 Å². The summed E-state index contributed by atoms with van der Waals surface area (Å²) in [6.07, 6.45) is 5.26. The van der Waals surface area contributed by atoms with Crippen molar-refractivity contribution >= 4 is 0 Å². The Labute approximate surface area is 108 Å². The van der Waals surface area contributed by atoms with Gasteiger partial charge in [-0.3, -0.25) is 0 Å². The zero-order chi connectivity index (χ0) is 12.5. The molecular formula is C14H31N3. The first-order chi connectivity index (χ1) is 8.26. The maximum atomic E-state index is 3.62. The third-order valence-electron chi connectivity index (χ3n) is 3.70. The summed E-state index contributed by atoms with van der Waals surface area (Å²) in [5, 5.41) is 3.62. The molecule has 3 nitrogen and oxygen atoms in total. The Balaban J connectivity index is 2.10. The molecule has 1 heterocycles. The van der Waals surface area contributed by atoms with Crippen molar-refractivity contribution in [3.8, 4) is 0 Å². The van der Waals surface area contributed by atoms with Gasteiger partial charge in [0.2, 0.25) is 0 Å². The summed E-state index contributed by atoms with van der Waals surface area (Å²) in [4.78, 5) is 5.08. The van der Waals surface area contributed by atoms with Crippen molar-refractivity contribution < 1.29 is 0 Å². The lowest BCUT2D eigenvalue weighted by molar-refractivity contribution is 0.236. The molecule has 1 fully saturated rings. The van der Waals surface area contributed by atoms with Gasteiger partial charge in [-0.05, 0) is 52.4 Å². The van der Waals surface area contributed by atoms with Crippen LogP contribution in [0.2, 0.25) is 0 Å². The van der Waals surface area contributed by atoms with E-state index in [1.165, 1.54) is 58.4 Å². The van der Waals surface area contributed by atoms with E-state index < -0.39 is 0 Å². The van der Waals surface area contributed by atoms with Crippen LogP contribution >= 0.6 is 0 Å². The molecule has 17 heavy (non-hydrogen) atoms. The predicted molar refractivity (Wildman–Crippen MR) is 75.5 cm³/mol. The highest BCUT2D eigenvalue weighted by Crippen LogP contribution is 2.06. The highest BCUT2D eigenvalue weighted by atomic mass is 15.2. The van der Waals surface area contributed by atoms with E-state index in [1.807, 2.05) is 0 Å². The van der Waals surface area contributed by atoms with Crippen LogP contribution in [-0.2, 0) is 0 Å². The molecule has 1 N–H and O–H groups in total. The first-order valence-corrected chi connectivity index (χ1v) is 7.40. The molecule has 0 aliphatic carbocycles. The number of nitrogens with zero attached hydrogens (tertiary/aromatic N) is 2. The number of likely N-dealkylation sites (tertiary alicyclic amines) is 1. The van der Waals surface area contributed by atoms with Gasteiger partial charge in [-0.1, -0.05) is 13.8 Å². The molecule has 0 amide bonds. The maximum absolute atomic E-state index is 3.62. The molecule has 0 saturated carbocycles. The average molecular weight is 241 g/mol. The van der Waals surface area contributed by atoms with Gasteiger partial charge in [0.05, 0.1) is 0 Å². The lowest BCUT2D eigenvalue weighted by Gasteiger charge is -2.26. The van der Waals surface area contributed by atoms with Crippen LogP contribution in [0.3, 0.4) is 0 Å². The minimum Gasteiger partial charge on any atom is -0.313 e. The Bertz CT molecular complexity index is 178. The lowest BCUT2D eigenvalue weighted by atomic mass is 10.2. The van der Waals surface area contributed by atoms with Crippen LogP contribution in [0.25, 0.3) is 0 Å². The van der Waals surface area contributed by atoms with Gasteiger partial charge in [0.25, 0.3) is 0 Å². The fraction of sp³-hybridized carbons (Fsp3) is 1.00. The smallest absolute Gasteiger partial charge is 0.0192 e. The second-order valence-electron chi connectivity index (χ2n) is 5.37. The Kier molecular flexibility index (Phi) is 7.82. The summed E-state index contributed by atoms with van der Waals surface area (Å²) in [5.74, 6) is 0. The molecule has 1 aliphatic heterocycles. The van der Waals surface area contributed by atoms with E-state index in [1.54, 1.807) is 0 Å². The molecule has 0 bridgehead atoms. The molecule has 0 radical (unpaired) electrons. The van der Waals surface area contributed by atoms with Gasteiger partial charge >= 0.3 is 0 Å². The first-order valence-electron chi connectivity index (χ1n) is 7.40. The van der Waals surface area contributed by atoms with Crippen LogP contribution in [0.15, 0.2) is 0 Å². The minimum absolute atomic E-state index is 0.665. The average Bonchev–Trinajstić information content (AvgIpc) is 2.85. The molecule has 0 aromatic carbocycles. The van der Waals surface area contributed by atoms with Gasteiger partial charge in [0.15, 0.2) is 0 Å². The number of likely N-dealkylation sites (N-methyl/N-ethyl adjacent to an activating group) is 1. The second kappa shape index (κ2) is 8.90. The molecule has 1 rings (SSSR count). The van der Waals surface area contributed by atoms with Crippen LogP contribution in [-0.4, -0.2) is 62.2 Å². The zero-order valence-electron chi connectivity index (χ0n) is 12.0. The quantitative estimate of drug-likeness (QED) is 0.664. The van der Waals surface area contributed by atoms with E-state index in [-0.39, 0.29) is 0 Å². The molecule has 0 spiro atoms. The molecule has 0 aromatic heterocycles. The maximum Gasteiger partial charge on any atom is 0.0192 e. The lowest BCUT2D eigenvalue weighted by Crippen LogP contribution is -2.41. The highest BCUT2D eigenvalue weighted by molar-refractivity contribution is 4.71. The summed E-state index contributed by atoms with van der Waals surface area (Å²) < 4.78 is 0. The fourth-order valence-electron chi connectivity index (χ4n) is 2.47. The molecule has 0 aromatic rings. The topological polar surface area (TPSA) is 18.5 Å². The Hall–Kier alpha value is -0.120. The van der Waals surface area contributed by atoms with Crippen molar-refractivity contribution in [2.75, 3.05) is 46.3 Å². The van der Waals surface area contributed by atoms with E-state index in [2.05, 4.69) is 36.0 Å². The first kappa shape index (κ1) is 14.9. The van der Waals surface area contributed by atoms with Crippen molar-refractivity contribution in [3.05, 3.63) is 0 Å². The van der Waals surface area contributed by atoms with Crippen LogP contribution in [0, 0.1) is 0 Å². The minimum atomic E-state index is 0.665. The van der Waals surface area contributed by atoms with Crippen molar-refractivity contribution in [1.29, 1.82) is 0 Å². The van der Waals surface area contributed by atoms with Gasteiger partial charge in [0.1, 0.15) is 0 Å². The molecule has 1 unspecified atom stereocenters. The summed E-state index contributed by atoms with van der Waals surface area (Å²) in [7, 11) is 2.26. The Morgan fingerprint density at radius 2 is 1.94 bits per heavy atom. The third-order valence-corrected chi connectivity index (χ3v) is 3.70. The van der Waals surface area contributed by atoms with E-state index >= 15 is 0 Å². The largest absolute Gasteiger partial charge is 0.313 e. The molecule has 1 aliphatic rings. The van der Waals surface area contributed by atoms with Crippen molar-refractivity contribution in [2.45, 2.75) is 45.6 Å². The summed E-state index contributed by atoms with van der Waals surface area (Å²) in [6, 6.07) is 0.665. The van der Waals surface area contributed by atoms with E-state index in [0.717, 1.165) is 6.54 Å². The van der Waals surface area contributed by atoms with Gasteiger partial charge in [-0.25, -0.2) is 0 Å². The number of hydrogen-bond acceptors (Lipinski definition) is 3. The number of hydrogen-bond donors (Lipinski definition) is 1. The number of nitrogens with one attached hydrogen (secondary N) is 1. The Morgan fingerprint density at radius 3 is 2.53 bits per heavy atom. The summed E-state index contributed by atoms with van der Waals surface area (Å²) in [5.41, 5.74) is 0. The van der Waals surface area contributed by atoms with Crippen LogP contribution in [0.1, 0.15) is 39.5 Å². The van der Waals surface area contributed by atoms with Crippen LogP contribution in [0.4, 0.5) is 0 Å². The highest BCUT2D eigenvalue weighted by Gasteiger charge is 2.13. The molecule has 102 valence electrons. The van der Waals surface area contributed by atoms with Crippen LogP contribution < -0.4 is 5.32 Å². The summed E-state index contributed by atoms with van der Waals surface area (Å²) in [6.45, 7) is 11.9. The number of rotatable bonds is 9. The molecule has 1 saturated heterocycles. The third kappa shape index (κ3) is 6.39. The predicted octanol–water partition coefficient (Wildman–Crippen LogP) is 1.79. The zero-order valence-corrected chi connectivity index (χ0v) is 12.0. The summed E-state index contributed by atoms with van der Waals surface area (Å²) >= 11 is 0. The van der Waals surface area contributed by atoms with Crippen LogP contribution in [0.5, 0.6) is 0 Å². The standard InChI is InChI=1S/C14H31N3/c1-4-8-15-14(5-2)13-16(3)11-12-17-9-6-7-10-17/h14-15H,4-13H2,1-3H3. The monoisotopic (exact) mass is 241 g/mol. The van der Waals surface area contributed by atoms with Gasteiger partial charge in [0, 0.05) is 25.7 Å². The van der Waals surface area contributed by atoms with Gasteiger partial charge < -0.3 is 15.1 Å². The molecule has 3 heteroatoms. The van der Waals surface area contributed by atoms with E-state index in [0.29, 0.717) is 6.04 Å². The Morgan fingerprint density at radius 1 is 1.24 bits per heavy atom. The van der Waals surface area contributed by atoms with Crippen molar-refractivity contribution in [3.63, 3.8) is 0 Å². The fourth-order valence-corrected chi connectivity index (χ4v) is 2.47. The normalized spacial score (nSPS) is 19.1. The van der Waals surface area contributed by atoms with Crippen molar-refractivity contribution in [2.24, 2.45) is 0 Å². The van der Waals surface area contributed by atoms with Gasteiger partial charge in [-0.2, -0.15) is 0 Å². The van der Waals surface area contributed by atoms with Gasteiger partial charge in [-0.15, -0.1) is 0 Å². The molecule has 1 atom stereocenters.